The van der Waals surface area contributed by atoms with Crippen LogP contribution in [-0.2, 0) is 14.3 Å². The zero-order chi connectivity index (χ0) is 14.4. The lowest BCUT2D eigenvalue weighted by Crippen LogP contribution is -2.42. The van der Waals surface area contributed by atoms with E-state index in [4.69, 9.17) is 9.47 Å². The van der Waals surface area contributed by atoms with Crippen molar-refractivity contribution < 1.29 is 19.1 Å². The fourth-order valence-electron chi connectivity index (χ4n) is 2.00. The van der Waals surface area contributed by atoms with E-state index in [1.807, 2.05) is 27.7 Å². The summed E-state index contributed by atoms with van der Waals surface area (Å²) in [6.07, 6.45) is 1.40. The van der Waals surface area contributed by atoms with Gasteiger partial charge in [-0.1, -0.05) is 13.8 Å². The molecule has 0 unspecified atom stereocenters. The average Bonchev–Trinajstić information content (AvgIpc) is 2.27. The van der Waals surface area contributed by atoms with Gasteiger partial charge in [0.2, 0.25) is 0 Å². The van der Waals surface area contributed by atoms with Gasteiger partial charge in [-0.05, 0) is 19.8 Å². The number of ether oxygens (including phenoxy) is 2. The highest BCUT2D eigenvalue weighted by molar-refractivity contribution is 5.70. The zero-order valence-electron chi connectivity index (χ0n) is 12.3. The van der Waals surface area contributed by atoms with Crippen molar-refractivity contribution >= 4 is 12.1 Å². The highest BCUT2D eigenvalue weighted by Crippen LogP contribution is 2.16. The molecule has 1 aliphatic rings. The number of carbonyl (C=O) groups is 2. The van der Waals surface area contributed by atoms with Gasteiger partial charge < -0.3 is 14.4 Å². The molecule has 0 aromatic heterocycles. The molecular formula is C14H25NO4. The van der Waals surface area contributed by atoms with E-state index in [0.717, 1.165) is 0 Å². The summed E-state index contributed by atoms with van der Waals surface area (Å²) in [6, 6.07) is 0. The minimum Gasteiger partial charge on any atom is -0.462 e. The number of rotatable bonds is 4. The van der Waals surface area contributed by atoms with Gasteiger partial charge in [0.25, 0.3) is 0 Å². The van der Waals surface area contributed by atoms with Crippen molar-refractivity contribution in [3.05, 3.63) is 0 Å². The molecule has 0 saturated carbocycles. The molecule has 5 heteroatoms. The Morgan fingerprint density at radius 1 is 1.16 bits per heavy atom. The molecule has 0 N–H and O–H groups in total. The number of carbonyl (C=O) groups excluding carboxylic acids is 2. The van der Waals surface area contributed by atoms with E-state index >= 15 is 0 Å². The van der Waals surface area contributed by atoms with Crippen LogP contribution >= 0.6 is 0 Å². The van der Waals surface area contributed by atoms with Gasteiger partial charge in [-0.25, -0.2) is 4.79 Å². The van der Waals surface area contributed by atoms with Crippen molar-refractivity contribution in [2.24, 2.45) is 5.92 Å². The van der Waals surface area contributed by atoms with E-state index in [-0.39, 0.29) is 24.3 Å². The molecule has 1 saturated heterocycles. The molecule has 1 amide bonds. The lowest BCUT2D eigenvalue weighted by atomic mass is 10.1. The van der Waals surface area contributed by atoms with Crippen molar-refractivity contribution in [1.82, 2.24) is 4.90 Å². The van der Waals surface area contributed by atoms with Crippen molar-refractivity contribution in [2.45, 2.75) is 59.2 Å². The second-order valence-electron chi connectivity index (χ2n) is 5.71. The summed E-state index contributed by atoms with van der Waals surface area (Å²) in [6.45, 7) is 8.82. The summed E-state index contributed by atoms with van der Waals surface area (Å²) in [7, 11) is 0. The van der Waals surface area contributed by atoms with Gasteiger partial charge in [0, 0.05) is 32.4 Å². The molecule has 19 heavy (non-hydrogen) atoms. The third-order valence-corrected chi connectivity index (χ3v) is 2.91. The van der Waals surface area contributed by atoms with E-state index in [9.17, 15) is 9.59 Å². The van der Waals surface area contributed by atoms with Crippen LogP contribution < -0.4 is 0 Å². The molecule has 1 rings (SSSR count). The predicted octanol–water partition coefficient (Wildman–Crippen LogP) is 2.59. The fourth-order valence-corrected chi connectivity index (χ4v) is 2.00. The third kappa shape index (κ3) is 5.94. The summed E-state index contributed by atoms with van der Waals surface area (Å²) < 4.78 is 10.5. The van der Waals surface area contributed by atoms with Gasteiger partial charge in [0.15, 0.2) is 0 Å². The monoisotopic (exact) mass is 271 g/mol. The number of nitrogens with zero attached hydrogens (tertiary/aromatic N) is 1. The Balaban J connectivity index is 2.29. The number of esters is 1. The van der Waals surface area contributed by atoms with E-state index in [1.54, 1.807) is 4.90 Å². The molecule has 0 radical (unpaired) electrons. The molecule has 0 aliphatic carbocycles. The van der Waals surface area contributed by atoms with E-state index in [2.05, 4.69) is 0 Å². The molecule has 5 nitrogen and oxygen atoms in total. The summed E-state index contributed by atoms with van der Waals surface area (Å²) in [5.41, 5.74) is 0. The van der Waals surface area contributed by atoms with Crippen LogP contribution in [0.4, 0.5) is 4.79 Å². The van der Waals surface area contributed by atoms with Crippen molar-refractivity contribution in [1.29, 1.82) is 0 Å². The topological polar surface area (TPSA) is 55.8 Å². The van der Waals surface area contributed by atoms with Gasteiger partial charge >= 0.3 is 12.1 Å². The molecule has 1 heterocycles. The quantitative estimate of drug-likeness (QED) is 0.737. The van der Waals surface area contributed by atoms with Crippen LogP contribution in [0, 0.1) is 5.92 Å². The molecule has 0 atom stereocenters. The van der Waals surface area contributed by atoms with Crippen LogP contribution in [0.25, 0.3) is 0 Å². The molecule has 1 fully saturated rings. The second kappa shape index (κ2) is 7.36. The van der Waals surface area contributed by atoms with Crippen LogP contribution in [0.2, 0.25) is 0 Å². The number of amides is 1. The van der Waals surface area contributed by atoms with Gasteiger partial charge in [-0.3, -0.25) is 4.79 Å². The van der Waals surface area contributed by atoms with E-state index in [0.29, 0.717) is 38.3 Å². The maximum absolute atomic E-state index is 11.7. The normalized spacial score (nSPS) is 16.8. The van der Waals surface area contributed by atoms with Crippen molar-refractivity contribution in [3.63, 3.8) is 0 Å². The lowest BCUT2D eigenvalue weighted by molar-refractivity contribution is -0.151. The second-order valence-corrected chi connectivity index (χ2v) is 5.71. The summed E-state index contributed by atoms with van der Waals surface area (Å²) in [4.78, 5) is 24.9. The van der Waals surface area contributed by atoms with E-state index < -0.39 is 0 Å². The molecule has 0 spiro atoms. The van der Waals surface area contributed by atoms with Crippen molar-refractivity contribution in [3.8, 4) is 0 Å². The molecular weight excluding hydrogens is 246 g/mol. The van der Waals surface area contributed by atoms with Crippen LogP contribution in [0.5, 0.6) is 0 Å². The minimum atomic E-state index is -0.276. The lowest BCUT2D eigenvalue weighted by Gasteiger charge is -2.31. The van der Waals surface area contributed by atoms with Crippen LogP contribution in [0.15, 0.2) is 0 Å². The first-order chi connectivity index (χ1) is 8.88. The Hall–Kier alpha value is -1.26. The molecule has 0 aromatic rings. The van der Waals surface area contributed by atoms with Crippen molar-refractivity contribution in [2.75, 3.05) is 13.1 Å². The Kier molecular flexibility index (Phi) is 6.12. The highest BCUT2D eigenvalue weighted by atomic mass is 16.6. The first kappa shape index (κ1) is 15.8. The first-order valence-electron chi connectivity index (χ1n) is 7.03. The maximum Gasteiger partial charge on any atom is 0.410 e. The van der Waals surface area contributed by atoms with Crippen LogP contribution in [0.1, 0.15) is 47.0 Å². The van der Waals surface area contributed by atoms with Crippen LogP contribution in [-0.4, -0.2) is 42.3 Å². The fraction of sp³-hybridized carbons (Fsp3) is 0.857. The Labute approximate surface area is 115 Å². The SMILES string of the molecule is CC(C)CC(=O)OC1CCN(C(=O)OC(C)C)CC1. The molecule has 0 aromatic carbocycles. The largest absolute Gasteiger partial charge is 0.462 e. The minimum absolute atomic E-state index is 0.0608. The smallest absolute Gasteiger partial charge is 0.410 e. The van der Waals surface area contributed by atoms with E-state index in [1.165, 1.54) is 0 Å². The van der Waals surface area contributed by atoms with Gasteiger partial charge in [0.05, 0.1) is 6.10 Å². The Morgan fingerprint density at radius 2 is 1.74 bits per heavy atom. The van der Waals surface area contributed by atoms with Crippen LogP contribution in [0.3, 0.4) is 0 Å². The number of hydrogen-bond acceptors (Lipinski definition) is 4. The highest BCUT2D eigenvalue weighted by Gasteiger charge is 2.26. The zero-order valence-corrected chi connectivity index (χ0v) is 12.3. The molecule has 0 bridgehead atoms. The number of piperidine rings is 1. The standard InChI is InChI=1S/C14H25NO4/c1-10(2)9-13(16)19-12-5-7-15(8-6-12)14(17)18-11(3)4/h10-12H,5-9H2,1-4H3. The first-order valence-corrected chi connectivity index (χ1v) is 7.03. The molecule has 1 aliphatic heterocycles. The van der Waals surface area contributed by atoms with Gasteiger partial charge in [-0.15, -0.1) is 0 Å². The number of likely N-dealkylation sites (tertiary alicyclic amines) is 1. The number of hydrogen-bond donors (Lipinski definition) is 0. The third-order valence-electron chi connectivity index (χ3n) is 2.91. The predicted molar refractivity (Wildman–Crippen MR) is 71.8 cm³/mol. The Morgan fingerprint density at radius 3 is 2.21 bits per heavy atom. The average molecular weight is 271 g/mol. The molecule has 110 valence electrons. The summed E-state index contributed by atoms with van der Waals surface area (Å²) >= 11 is 0. The Bertz CT molecular complexity index is 307. The van der Waals surface area contributed by atoms with Gasteiger partial charge in [0.1, 0.15) is 6.10 Å². The van der Waals surface area contributed by atoms with Gasteiger partial charge in [-0.2, -0.15) is 0 Å². The maximum atomic E-state index is 11.7. The summed E-state index contributed by atoms with van der Waals surface area (Å²) in [5, 5.41) is 0. The summed E-state index contributed by atoms with van der Waals surface area (Å²) in [5.74, 6) is 0.173.